The van der Waals surface area contributed by atoms with Gasteiger partial charge in [0.2, 0.25) is 0 Å². The van der Waals surface area contributed by atoms with E-state index in [1.54, 1.807) is 0 Å². The Balaban J connectivity index is 0. The molecule has 3 saturated carbocycles. The Labute approximate surface area is 287 Å². The Bertz CT molecular complexity index is 602. The molecule has 3 rings (SSSR count). The number of hydrogen-bond donors (Lipinski definition) is 0. The van der Waals surface area contributed by atoms with Gasteiger partial charge in [-0.25, -0.2) is 0 Å². The van der Waals surface area contributed by atoms with Crippen molar-refractivity contribution in [3.63, 3.8) is 0 Å². The van der Waals surface area contributed by atoms with E-state index in [2.05, 4.69) is 81.6 Å². The third-order valence-electron chi connectivity index (χ3n) is 11.6. The molecule has 0 amide bonds. The fourth-order valence-electron chi connectivity index (χ4n) is 9.18. The molecule has 0 aromatic carbocycles. The van der Waals surface area contributed by atoms with Crippen LogP contribution < -0.4 is 0 Å². The molecule has 0 N–H and O–H groups in total. The molecule has 10 heteroatoms. The molecule has 3 aliphatic carbocycles. The van der Waals surface area contributed by atoms with E-state index in [-0.39, 0.29) is 14.9 Å². The van der Waals surface area contributed by atoms with Crippen molar-refractivity contribution in [3.05, 3.63) is 24.8 Å². The van der Waals surface area contributed by atoms with E-state index in [1.807, 2.05) is 0 Å². The van der Waals surface area contributed by atoms with E-state index in [0.29, 0.717) is 12.1 Å². The van der Waals surface area contributed by atoms with Gasteiger partial charge in [-0.2, -0.15) is 0 Å². The molecule has 0 aliphatic heterocycles. The van der Waals surface area contributed by atoms with E-state index in [1.165, 1.54) is 25.7 Å². The first-order chi connectivity index (χ1) is 17.5. The van der Waals surface area contributed by atoms with Crippen molar-refractivity contribution >= 4 is 53.7 Å². The zero-order valence-electron chi connectivity index (χ0n) is 28.2. The summed E-state index contributed by atoms with van der Waals surface area (Å²) in [6.45, 7) is 30.3. The van der Waals surface area contributed by atoms with Crippen molar-refractivity contribution in [2.75, 3.05) is 0 Å². The van der Waals surface area contributed by atoms with Crippen LogP contribution in [0.2, 0.25) is 37.3 Å². The van der Waals surface area contributed by atoms with Crippen LogP contribution in [0.4, 0.5) is 0 Å². The molecule has 0 radical (unpaired) electrons. The molecule has 0 aromatic heterocycles. The summed E-state index contributed by atoms with van der Waals surface area (Å²) >= 11 is -1.11. The van der Waals surface area contributed by atoms with E-state index in [9.17, 15) is 0 Å². The monoisotopic (exact) mass is 742 g/mol. The van der Waals surface area contributed by atoms with Crippen molar-refractivity contribution < 1.29 is 34.1 Å². The normalized spacial score (nSPS) is 36.7. The molecule has 0 spiro atoms. The van der Waals surface area contributed by atoms with Crippen LogP contribution in [-0.2, 0) is 34.1 Å². The minimum atomic E-state index is -1.59. The maximum absolute atomic E-state index is 5.68. The van der Waals surface area contributed by atoms with Crippen molar-refractivity contribution in [1.82, 2.24) is 0 Å². The van der Waals surface area contributed by atoms with Gasteiger partial charge in [0, 0.05) is 0 Å². The Hall–Kier alpha value is 2.94. The first kappa shape index (κ1) is 45.1. The van der Waals surface area contributed by atoms with Crippen molar-refractivity contribution in [1.29, 1.82) is 0 Å². The van der Waals surface area contributed by atoms with Gasteiger partial charge in [0.15, 0.2) is 0 Å². The van der Waals surface area contributed by atoms with E-state index in [4.69, 9.17) is 47.2 Å². The van der Waals surface area contributed by atoms with Crippen LogP contribution in [0.25, 0.3) is 9.96 Å². The fourth-order valence-corrected chi connectivity index (χ4v) is 18.3. The average molecular weight is 745 g/mol. The second kappa shape index (κ2) is 20.2. The van der Waals surface area contributed by atoms with Crippen molar-refractivity contribution in [3.8, 4) is 0 Å². The summed E-state index contributed by atoms with van der Waals surface area (Å²) in [5.74, 6) is 6.75. The molecule has 3 aliphatic rings. The van der Waals surface area contributed by atoms with Crippen LogP contribution in [0.5, 0.6) is 0 Å². The van der Waals surface area contributed by atoms with Gasteiger partial charge in [0.05, 0.1) is 0 Å². The van der Waals surface area contributed by atoms with Crippen LogP contribution in [0.3, 0.4) is 0 Å². The predicted molar refractivity (Wildman–Crippen MR) is 185 cm³/mol. The number of halogens is 4. The second-order valence-electron chi connectivity index (χ2n) is 14.1. The first-order valence-corrected chi connectivity index (χ1v) is 29.5. The molecule has 3 fully saturated rings. The zero-order chi connectivity index (χ0) is 29.6. The third kappa shape index (κ3) is 11.6. The standard InChI is InChI=1S/C28H56N2Si2.2CH3.4ClH.2Ti/c1-17-18(2)22(6)27(21(17)5)31(9,10)29-25-13-15-26(16-14-25)30-32(11,12)28-23(7)19(3)20(4)24(28)8;;;;;;;;/h17-28H,13-16H2,1-12H3;2*1H3;4*1H;;/q-2;2*-1;;;;;2*+2/p-4/t17-,18+,19-,20+,21-,22-,23-,24-,25?,26?,27?,28?;;;;;;;;/m1......../s1. The van der Waals surface area contributed by atoms with E-state index < -0.39 is 50.5 Å². The molecule has 0 aromatic rings. The third-order valence-corrected chi connectivity index (χ3v) is 19.0. The van der Waals surface area contributed by atoms with Gasteiger partial charge >= 0.3 is 71.3 Å². The maximum atomic E-state index is 5.68. The summed E-state index contributed by atoms with van der Waals surface area (Å²) < 4.78 is 0. The Morgan fingerprint density at radius 1 is 0.450 bits per heavy atom. The molecular weight excluding hydrogens is 682 g/mol. The molecule has 240 valence electrons. The zero-order valence-corrected chi connectivity index (χ0v) is 36.3. The van der Waals surface area contributed by atoms with Gasteiger partial charge in [0.1, 0.15) is 0 Å². The molecule has 0 heterocycles. The van der Waals surface area contributed by atoms with Crippen molar-refractivity contribution in [2.45, 2.75) is 130 Å². The second-order valence-corrected chi connectivity index (χ2v) is 27.7. The Morgan fingerprint density at radius 2 is 0.625 bits per heavy atom. The topological polar surface area (TPSA) is 28.2 Å². The molecule has 0 saturated heterocycles. The summed E-state index contributed by atoms with van der Waals surface area (Å²) in [6, 6.07) is 1.23. The van der Waals surface area contributed by atoms with Crippen molar-refractivity contribution in [2.24, 2.45) is 47.3 Å². The van der Waals surface area contributed by atoms with E-state index >= 15 is 0 Å². The fraction of sp³-hybridized carbons (Fsp3) is 0.933. The Morgan fingerprint density at radius 3 is 0.800 bits per heavy atom. The van der Waals surface area contributed by atoms with Crippen LogP contribution in [0.1, 0.15) is 81.1 Å². The van der Waals surface area contributed by atoms with Gasteiger partial charge in [0.25, 0.3) is 0 Å². The minimum absolute atomic E-state index is 0. The molecule has 40 heavy (non-hydrogen) atoms. The van der Waals surface area contributed by atoms with Gasteiger partial charge < -0.3 is 24.8 Å². The summed E-state index contributed by atoms with van der Waals surface area (Å²) in [4.78, 5) is 11.4. The quantitative estimate of drug-likeness (QED) is 0.191. The van der Waals surface area contributed by atoms with E-state index in [0.717, 1.165) is 58.4 Å². The number of hydrogen-bond acceptors (Lipinski definition) is 0. The van der Waals surface area contributed by atoms with Crippen LogP contribution in [0.15, 0.2) is 0 Å². The van der Waals surface area contributed by atoms with Gasteiger partial charge in [-0.3, -0.25) is 0 Å². The van der Waals surface area contributed by atoms with Crippen LogP contribution >= 0.6 is 37.2 Å². The molecule has 0 bridgehead atoms. The van der Waals surface area contributed by atoms with Gasteiger partial charge in [-0.1, -0.05) is 135 Å². The van der Waals surface area contributed by atoms with Gasteiger partial charge in [-0.15, -0.1) is 12.1 Å². The summed E-state index contributed by atoms with van der Waals surface area (Å²) in [5.41, 5.74) is 1.71. The number of rotatable bonds is 6. The number of nitrogens with zero attached hydrogens (tertiary/aromatic N) is 2. The molecule has 2 nitrogen and oxygen atoms in total. The van der Waals surface area contributed by atoms with Gasteiger partial charge in [-0.05, 0) is 47.3 Å². The summed E-state index contributed by atoms with van der Waals surface area (Å²) in [7, 11) is 16.4. The first-order valence-electron chi connectivity index (χ1n) is 14.9. The van der Waals surface area contributed by atoms with Crippen LogP contribution in [-0.4, -0.2) is 28.6 Å². The molecular formula is C30H62Cl4N2Si2Ti2-4. The average Bonchev–Trinajstić information content (AvgIpc) is 3.14. The predicted octanol–water partition coefficient (Wildman–Crippen LogP) is 13.0. The summed E-state index contributed by atoms with van der Waals surface area (Å²) in [6.07, 6.45) is 5.16. The molecule has 2 unspecified atom stereocenters. The summed E-state index contributed by atoms with van der Waals surface area (Å²) in [5, 5.41) is 0. The van der Waals surface area contributed by atoms with Crippen LogP contribution in [0, 0.1) is 62.2 Å². The SMILES string of the molecule is C[C@@H]1[C@H](C)[C@@H](C)C([Si](C)(C)[N-]C2CCC([N-][Si](C)(C)C3[C@H](C)[C@H](C)[C@H](C)[C@H]3C)CC2)[C@@H]1C.[CH3-].[CH3-].[Cl][Ti][Cl].[Cl][Ti][Cl]. The molecule has 10 atom stereocenters. The Kier molecular flexibility index (Phi) is 22.8.